The van der Waals surface area contributed by atoms with E-state index in [1.165, 1.54) is 29.0 Å². The highest BCUT2D eigenvalue weighted by molar-refractivity contribution is 7.10. The molecule has 1 aliphatic heterocycles. The van der Waals surface area contributed by atoms with E-state index in [0.29, 0.717) is 6.42 Å². The summed E-state index contributed by atoms with van der Waals surface area (Å²) in [5.74, 6) is 6.08. The summed E-state index contributed by atoms with van der Waals surface area (Å²) >= 11 is 1.77. The van der Waals surface area contributed by atoms with Gasteiger partial charge in [0, 0.05) is 34.5 Å². The van der Waals surface area contributed by atoms with Gasteiger partial charge in [0.1, 0.15) is 0 Å². The van der Waals surface area contributed by atoms with Gasteiger partial charge in [0.15, 0.2) is 0 Å². The molecule has 2 aromatic rings. The number of rotatable bonds is 3. The van der Waals surface area contributed by atoms with Gasteiger partial charge in [-0.2, -0.15) is 0 Å². The molecule has 0 amide bonds. The summed E-state index contributed by atoms with van der Waals surface area (Å²) in [4.78, 5) is 3.82. The van der Waals surface area contributed by atoms with Gasteiger partial charge in [-0.25, -0.2) is 0 Å². The second kappa shape index (κ2) is 6.80. The van der Waals surface area contributed by atoms with Gasteiger partial charge in [0.05, 0.1) is 13.2 Å². The van der Waals surface area contributed by atoms with Crippen LogP contribution in [0, 0.1) is 11.8 Å². The van der Waals surface area contributed by atoms with Crippen molar-refractivity contribution in [2.75, 3.05) is 18.1 Å². The Morgan fingerprint density at radius 3 is 3.10 bits per heavy atom. The second-order valence-corrected chi connectivity index (χ2v) is 6.23. The number of hydrogen-bond donors (Lipinski definition) is 1. The van der Waals surface area contributed by atoms with Gasteiger partial charge in [-0.1, -0.05) is 30.0 Å². The molecule has 0 saturated heterocycles. The predicted octanol–water partition coefficient (Wildman–Crippen LogP) is 3.43. The average molecular weight is 297 g/mol. The lowest BCUT2D eigenvalue weighted by atomic mass is 10.0. The number of aliphatic hydroxyl groups excluding tert-OH is 1. The van der Waals surface area contributed by atoms with Crippen molar-refractivity contribution in [1.29, 1.82) is 0 Å². The van der Waals surface area contributed by atoms with Crippen molar-refractivity contribution >= 4 is 17.0 Å². The van der Waals surface area contributed by atoms with Crippen LogP contribution >= 0.6 is 11.3 Å². The summed E-state index contributed by atoms with van der Waals surface area (Å²) in [5, 5.41) is 10.9. The van der Waals surface area contributed by atoms with Crippen LogP contribution in [0.2, 0.25) is 0 Å². The molecule has 2 nitrogen and oxygen atoms in total. The summed E-state index contributed by atoms with van der Waals surface area (Å²) in [6.45, 7) is 2.22. The van der Waals surface area contributed by atoms with E-state index in [2.05, 4.69) is 52.5 Å². The number of hydrogen-bond acceptors (Lipinski definition) is 3. The van der Waals surface area contributed by atoms with Crippen molar-refractivity contribution in [2.24, 2.45) is 0 Å². The fourth-order valence-electron chi connectivity index (χ4n) is 2.71. The second-order valence-electron chi connectivity index (χ2n) is 5.23. The Balaban J connectivity index is 1.72. The molecular weight excluding hydrogens is 278 g/mol. The Morgan fingerprint density at radius 1 is 1.29 bits per heavy atom. The van der Waals surface area contributed by atoms with Crippen LogP contribution in [0.4, 0.5) is 5.69 Å². The van der Waals surface area contributed by atoms with Crippen LogP contribution < -0.4 is 4.90 Å². The molecule has 0 unspecified atom stereocenters. The van der Waals surface area contributed by atoms with E-state index in [0.717, 1.165) is 18.7 Å². The SMILES string of the molecule is OCCC#Cc1csc(CN2CCCc3ccccc32)c1. The summed E-state index contributed by atoms with van der Waals surface area (Å²) in [5.41, 5.74) is 3.90. The van der Waals surface area contributed by atoms with Crippen molar-refractivity contribution in [3.05, 3.63) is 51.7 Å². The lowest BCUT2D eigenvalue weighted by Gasteiger charge is -2.30. The molecule has 1 aliphatic rings. The molecule has 0 radical (unpaired) electrons. The van der Waals surface area contributed by atoms with E-state index in [1.807, 2.05) is 0 Å². The molecule has 1 N–H and O–H groups in total. The van der Waals surface area contributed by atoms with Crippen molar-refractivity contribution < 1.29 is 5.11 Å². The van der Waals surface area contributed by atoms with Crippen LogP contribution in [0.15, 0.2) is 35.7 Å². The normalized spacial score (nSPS) is 13.5. The molecule has 0 aliphatic carbocycles. The maximum atomic E-state index is 8.75. The Kier molecular flexibility index (Phi) is 4.59. The van der Waals surface area contributed by atoms with Gasteiger partial charge in [-0.05, 0) is 30.5 Å². The zero-order valence-corrected chi connectivity index (χ0v) is 12.8. The number of anilines is 1. The molecule has 108 valence electrons. The molecule has 0 bridgehead atoms. The van der Waals surface area contributed by atoms with Crippen molar-refractivity contribution in [2.45, 2.75) is 25.8 Å². The predicted molar refractivity (Wildman–Crippen MR) is 88.7 cm³/mol. The van der Waals surface area contributed by atoms with Gasteiger partial charge in [0.25, 0.3) is 0 Å². The molecular formula is C18H19NOS. The molecule has 0 saturated carbocycles. The molecule has 21 heavy (non-hydrogen) atoms. The third-order valence-corrected chi connectivity index (χ3v) is 4.60. The quantitative estimate of drug-likeness (QED) is 0.877. The highest BCUT2D eigenvalue weighted by Crippen LogP contribution is 2.29. The zero-order chi connectivity index (χ0) is 14.5. The first-order valence-corrected chi connectivity index (χ1v) is 8.25. The number of nitrogens with zero attached hydrogens (tertiary/aromatic N) is 1. The van der Waals surface area contributed by atoms with E-state index in [-0.39, 0.29) is 6.61 Å². The molecule has 0 fully saturated rings. The lowest BCUT2D eigenvalue weighted by molar-refractivity contribution is 0.305. The van der Waals surface area contributed by atoms with Crippen LogP contribution in [0.3, 0.4) is 0 Å². The molecule has 1 aromatic carbocycles. The molecule has 1 aromatic heterocycles. The Hall–Kier alpha value is -1.76. The van der Waals surface area contributed by atoms with E-state index in [9.17, 15) is 0 Å². The summed E-state index contributed by atoms with van der Waals surface area (Å²) in [7, 11) is 0. The topological polar surface area (TPSA) is 23.5 Å². The average Bonchev–Trinajstić information content (AvgIpc) is 2.96. The van der Waals surface area contributed by atoms with Crippen LogP contribution in [-0.4, -0.2) is 18.3 Å². The first kappa shape index (κ1) is 14.2. The summed E-state index contributed by atoms with van der Waals surface area (Å²) in [6.07, 6.45) is 2.96. The minimum atomic E-state index is 0.133. The number of para-hydroxylation sites is 1. The minimum Gasteiger partial charge on any atom is -0.395 e. The Labute approximate surface area is 130 Å². The lowest BCUT2D eigenvalue weighted by Crippen LogP contribution is -2.28. The summed E-state index contributed by atoms with van der Waals surface area (Å²) in [6, 6.07) is 10.9. The third kappa shape index (κ3) is 3.47. The maximum Gasteiger partial charge on any atom is 0.0540 e. The maximum absolute atomic E-state index is 8.75. The van der Waals surface area contributed by atoms with Crippen LogP contribution in [-0.2, 0) is 13.0 Å². The van der Waals surface area contributed by atoms with Crippen molar-refractivity contribution in [3.63, 3.8) is 0 Å². The van der Waals surface area contributed by atoms with Gasteiger partial charge in [-0.3, -0.25) is 0 Å². The molecule has 3 heteroatoms. The first-order valence-electron chi connectivity index (χ1n) is 7.37. The summed E-state index contributed by atoms with van der Waals surface area (Å²) < 4.78 is 0. The van der Waals surface area contributed by atoms with Crippen LogP contribution in [0.1, 0.15) is 28.8 Å². The van der Waals surface area contributed by atoms with Gasteiger partial charge in [-0.15, -0.1) is 11.3 Å². The third-order valence-electron chi connectivity index (χ3n) is 3.68. The van der Waals surface area contributed by atoms with Gasteiger partial charge < -0.3 is 10.0 Å². The largest absolute Gasteiger partial charge is 0.395 e. The zero-order valence-electron chi connectivity index (χ0n) is 12.0. The Bertz CT molecular complexity index is 665. The number of fused-ring (bicyclic) bond motifs is 1. The van der Waals surface area contributed by atoms with Gasteiger partial charge >= 0.3 is 0 Å². The van der Waals surface area contributed by atoms with Crippen molar-refractivity contribution in [1.82, 2.24) is 0 Å². The first-order chi connectivity index (χ1) is 10.4. The number of thiophene rings is 1. The number of aliphatic hydroxyl groups is 1. The molecule has 2 heterocycles. The van der Waals surface area contributed by atoms with Crippen LogP contribution in [0.5, 0.6) is 0 Å². The van der Waals surface area contributed by atoms with Crippen LogP contribution in [0.25, 0.3) is 0 Å². The van der Waals surface area contributed by atoms with Crippen molar-refractivity contribution in [3.8, 4) is 11.8 Å². The molecule has 0 spiro atoms. The van der Waals surface area contributed by atoms with E-state index in [1.54, 1.807) is 11.3 Å². The highest BCUT2D eigenvalue weighted by Gasteiger charge is 2.16. The van der Waals surface area contributed by atoms with Gasteiger partial charge in [0.2, 0.25) is 0 Å². The number of aryl methyl sites for hydroxylation is 1. The number of benzene rings is 1. The van der Waals surface area contributed by atoms with E-state index < -0.39 is 0 Å². The van der Waals surface area contributed by atoms with E-state index in [4.69, 9.17) is 5.11 Å². The highest BCUT2D eigenvalue weighted by atomic mass is 32.1. The molecule has 3 rings (SSSR count). The smallest absolute Gasteiger partial charge is 0.0540 e. The fourth-order valence-corrected chi connectivity index (χ4v) is 3.54. The monoisotopic (exact) mass is 297 g/mol. The Morgan fingerprint density at radius 2 is 2.19 bits per heavy atom. The fraction of sp³-hybridized carbons (Fsp3) is 0.333. The minimum absolute atomic E-state index is 0.133. The van der Waals surface area contributed by atoms with E-state index >= 15 is 0 Å². The molecule has 0 atom stereocenters. The standard InChI is InChI=1S/C18H19NOS/c20-11-4-3-6-15-12-17(21-14-15)13-19-10-5-8-16-7-1-2-9-18(16)19/h1-2,7,9,12,14,20H,4-5,8,10-11,13H2.